The van der Waals surface area contributed by atoms with E-state index in [0.717, 1.165) is 23.4 Å². The number of halogens is 1. The topological polar surface area (TPSA) is 35.0 Å². The van der Waals surface area contributed by atoms with Crippen LogP contribution in [0.2, 0.25) is 0 Å². The molecule has 1 aliphatic heterocycles. The lowest BCUT2D eigenvalue weighted by atomic mass is 10.2. The second-order valence-electron chi connectivity index (χ2n) is 4.34. The van der Waals surface area contributed by atoms with Crippen LogP contribution in [0.15, 0.2) is 29.6 Å². The fourth-order valence-corrected chi connectivity index (χ4v) is 3.30. The molecule has 0 spiro atoms. The van der Waals surface area contributed by atoms with Crippen molar-refractivity contribution in [1.82, 2.24) is 9.97 Å². The molecular weight excluding hydrogens is 251 g/mol. The van der Waals surface area contributed by atoms with Crippen LogP contribution < -0.4 is 0 Å². The molecule has 2 atom stereocenters. The Balaban J connectivity index is 1.99. The summed E-state index contributed by atoms with van der Waals surface area (Å²) >= 11 is 1.65. The molecular formula is C13H13FN2OS. The van der Waals surface area contributed by atoms with E-state index in [1.807, 2.05) is 6.07 Å². The molecule has 3 rings (SSSR count). The normalized spacial score (nSPS) is 23.7. The Morgan fingerprint density at radius 1 is 1.39 bits per heavy atom. The maximum Gasteiger partial charge on any atom is 0.149 e. The predicted molar refractivity (Wildman–Crippen MR) is 69.2 cm³/mol. The van der Waals surface area contributed by atoms with Gasteiger partial charge in [0.2, 0.25) is 0 Å². The first-order valence-corrected chi connectivity index (χ1v) is 6.81. The van der Waals surface area contributed by atoms with Crippen LogP contribution in [-0.2, 0) is 4.74 Å². The third-order valence-electron chi connectivity index (χ3n) is 3.15. The van der Waals surface area contributed by atoms with Gasteiger partial charge in [-0.05, 0) is 25.5 Å². The summed E-state index contributed by atoms with van der Waals surface area (Å²) in [5.74, 6) is -0.299. The minimum Gasteiger partial charge on any atom is -0.377 e. The molecule has 1 aromatic heterocycles. The highest BCUT2D eigenvalue weighted by atomic mass is 32.2. The van der Waals surface area contributed by atoms with Crippen molar-refractivity contribution in [3.05, 3.63) is 30.3 Å². The quantitative estimate of drug-likeness (QED) is 0.781. The van der Waals surface area contributed by atoms with E-state index in [2.05, 4.69) is 16.9 Å². The molecule has 0 N–H and O–H groups in total. The van der Waals surface area contributed by atoms with Gasteiger partial charge in [-0.1, -0.05) is 17.8 Å². The standard InChI is InChI=1S/C13H13FN2OS/c1-8-11(5-6-17-8)18-13-9-3-2-4-10(14)12(9)15-7-16-13/h2-4,7-8,11H,5-6H2,1H3/t8-,11-/m1/s1. The van der Waals surface area contributed by atoms with Crippen molar-refractivity contribution >= 4 is 22.7 Å². The van der Waals surface area contributed by atoms with Crippen LogP contribution in [0.3, 0.4) is 0 Å². The molecule has 1 saturated heterocycles. The van der Waals surface area contributed by atoms with Gasteiger partial charge in [0.1, 0.15) is 22.7 Å². The number of para-hydroxylation sites is 1. The molecule has 0 bridgehead atoms. The molecule has 0 radical (unpaired) electrons. The van der Waals surface area contributed by atoms with Gasteiger partial charge in [0.25, 0.3) is 0 Å². The van der Waals surface area contributed by atoms with E-state index in [9.17, 15) is 4.39 Å². The molecule has 0 amide bonds. The molecule has 2 aromatic rings. The minimum absolute atomic E-state index is 0.216. The van der Waals surface area contributed by atoms with E-state index in [4.69, 9.17) is 4.74 Å². The highest BCUT2D eigenvalue weighted by molar-refractivity contribution is 8.00. The van der Waals surface area contributed by atoms with Crippen molar-refractivity contribution in [2.24, 2.45) is 0 Å². The van der Waals surface area contributed by atoms with E-state index in [1.165, 1.54) is 12.4 Å². The number of rotatable bonds is 2. The molecule has 2 heterocycles. The fraction of sp³-hybridized carbons (Fsp3) is 0.385. The average Bonchev–Trinajstić information content (AvgIpc) is 2.77. The molecule has 5 heteroatoms. The first kappa shape index (κ1) is 11.9. The number of ether oxygens (including phenoxy) is 1. The molecule has 94 valence electrons. The first-order valence-electron chi connectivity index (χ1n) is 5.93. The largest absolute Gasteiger partial charge is 0.377 e. The van der Waals surface area contributed by atoms with Crippen LogP contribution in [0.4, 0.5) is 4.39 Å². The van der Waals surface area contributed by atoms with Gasteiger partial charge in [0, 0.05) is 17.2 Å². The summed E-state index contributed by atoms with van der Waals surface area (Å²) in [7, 11) is 0. The van der Waals surface area contributed by atoms with Crippen LogP contribution in [0, 0.1) is 5.82 Å². The van der Waals surface area contributed by atoms with Gasteiger partial charge in [0.15, 0.2) is 0 Å². The molecule has 0 saturated carbocycles. The number of hydrogen-bond donors (Lipinski definition) is 0. The van der Waals surface area contributed by atoms with E-state index < -0.39 is 0 Å². The number of thioether (sulfide) groups is 1. The predicted octanol–water partition coefficient (Wildman–Crippen LogP) is 3.04. The van der Waals surface area contributed by atoms with Gasteiger partial charge in [-0.15, -0.1) is 0 Å². The Morgan fingerprint density at radius 2 is 2.28 bits per heavy atom. The molecule has 1 fully saturated rings. The average molecular weight is 264 g/mol. The lowest BCUT2D eigenvalue weighted by Crippen LogP contribution is -2.13. The van der Waals surface area contributed by atoms with Crippen molar-refractivity contribution < 1.29 is 9.13 Å². The maximum absolute atomic E-state index is 13.6. The van der Waals surface area contributed by atoms with Crippen molar-refractivity contribution in [3.8, 4) is 0 Å². The molecule has 18 heavy (non-hydrogen) atoms. The number of nitrogens with zero attached hydrogens (tertiary/aromatic N) is 2. The van der Waals surface area contributed by atoms with Crippen LogP contribution in [0.5, 0.6) is 0 Å². The van der Waals surface area contributed by atoms with E-state index in [0.29, 0.717) is 10.8 Å². The Labute approximate surface area is 109 Å². The third-order valence-corrected chi connectivity index (χ3v) is 4.62. The number of benzene rings is 1. The van der Waals surface area contributed by atoms with E-state index >= 15 is 0 Å². The van der Waals surface area contributed by atoms with Gasteiger partial charge in [-0.3, -0.25) is 0 Å². The molecule has 1 aliphatic rings. The number of aromatic nitrogens is 2. The Morgan fingerprint density at radius 3 is 3.06 bits per heavy atom. The second-order valence-corrected chi connectivity index (χ2v) is 5.56. The summed E-state index contributed by atoms with van der Waals surface area (Å²) in [6, 6.07) is 4.98. The molecule has 0 aliphatic carbocycles. The zero-order valence-electron chi connectivity index (χ0n) is 9.97. The lowest BCUT2D eigenvalue weighted by molar-refractivity contribution is 0.127. The summed E-state index contributed by atoms with van der Waals surface area (Å²) in [5, 5.41) is 2.00. The Kier molecular flexibility index (Phi) is 3.18. The van der Waals surface area contributed by atoms with Gasteiger partial charge in [0.05, 0.1) is 6.10 Å². The Hall–Kier alpha value is -1.20. The monoisotopic (exact) mass is 264 g/mol. The molecule has 3 nitrogen and oxygen atoms in total. The van der Waals surface area contributed by atoms with Gasteiger partial charge < -0.3 is 4.74 Å². The Bertz CT molecular complexity index is 578. The highest BCUT2D eigenvalue weighted by Crippen LogP contribution is 2.34. The maximum atomic E-state index is 13.6. The molecule has 1 aromatic carbocycles. The lowest BCUT2D eigenvalue weighted by Gasteiger charge is -2.13. The SMILES string of the molecule is C[C@H]1OCC[C@H]1Sc1ncnc2c(F)cccc12. The summed E-state index contributed by atoms with van der Waals surface area (Å²) in [4.78, 5) is 8.28. The number of hydrogen-bond acceptors (Lipinski definition) is 4. The summed E-state index contributed by atoms with van der Waals surface area (Å²) < 4.78 is 19.2. The van der Waals surface area contributed by atoms with Crippen LogP contribution in [0.25, 0.3) is 10.9 Å². The number of fused-ring (bicyclic) bond motifs is 1. The zero-order chi connectivity index (χ0) is 12.5. The molecule has 0 unspecified atom stereocenters. The van der Waals surface area contributed by atoms with Gasteiger partial charge in [-0.2, -0.15) is 0 Å². The summed E-state index contributed by atoms with van der Waals surface area (Å²) in [6.07, 6.45) is 2.65. The minimum atomic E-state index is -0.299. The van der Waals surface area contributed by atoms with Crippen LogP contribution in [-0.4, -0.2) is 27.9 Å². The summed E-state index contributed by atoms with van der Waals surface area (Å²) in [6.45, 7) is 2.85. The van der Waals surface area contributed by atoms with Gasteiger partial charge in [-0.25, -0.2) is 14.4 Å². The highest BCUT2D eigenvalue weighted by Gasteiger charge is 2.26. The summed E-state index contributed by atoms with van der Waals surface area (Å²) in [5.41, 5.74) is 0.390. The first-order chi connectivity index (χ1) is 8.75. The van der Waals surface area contributed by atoms with E-state index in [1.54, 1.807) is 17.8 Å². The van der Waals surface area contributed by atoms with Crippen molar-refractivity contribution in [3.63, 3.8) is 0 Å². The van der Waals surface area contributed by atoms with Gasteiger partial charge >= 0.3 is 0 Å². The smallest absolute Gasteiger partial charge is 0.149 e. The second kappa shape index (κ2) is 4.82. The fourth-order valence-electron chi connectivity index (χ4n) is 2.13. The van der Waals surface area contributed by atoms with Crippen LogP contribution in [0.1, 0.15) is 13.3 Å². The van der Waals surface area contributed by atoms with Crippen molar-refractivity contribution in [1.29, 1.82) is 0 Å². The van der Waals surface area contributed by atoms with Crippen molar-refractivity contribution in [2.75, 3.05) is 6.61 Å². The van der Waals surface area contributed by atoms with Crippen LogP contribution >= 0.6 is 11.8 Å². The van der Waals surface area contributed by atoms with E-state index in [-0.39, 0.29) is 11.9 Å². The van der Waals surface area contributed by atoms with Crippen molar-refractivity contribution in [2.45, 2.75) is 29.7 Å². The zero-order valence-corrected chi connectivity index (χ0v) is 10.8. The third kappa shape index (κ3) is 2.08.